The molecule has 1 amide bonds. The van der Waals surface area contributed by atoms with Gasteiger partial charge in [-0.3, -0.25) is 4.79 Å². The van der Waals surface area contributed by atoms with E-state index in [1.165, 1.54) is 6.92 Å². The summed E-state index contributed by atoms with van der Waals surface area (Å²) in [6, 6.07) is 13.1. The van der Waals surface area contributed by atoms with Gasteiger partial charge in [-0.1, -0.05) is 35.9 Å². The predicted molar refractivity (Wildman–Crippen MR) is 96.8 cm³/mol. The van der Waals surface area contributed by atoms with Crippen LogP contribution in [-0.4, -0.2) is 24.6 Å². The molecule has 0 aliphatic heterocycles. The van der Waals surface area contributed by atoms with Gasteiger partial charge in [0, 0.05) is 5.69 Å². The van der Waals surface area contributed by atoms with Gasteiger partial charge >= 0.3 is 5.97 Å². The maximum Gasteiger partial charge on any atom is 0.344 e. The van der Waals surface area contributed by atoms with Crippen molar-refractivity contribution in [3.8, 4) is 5.75 Å². The molecule has 0 spiro atoms. The van der Waals surface area contributed by atoms with Gasteiger partial charge in [-0.25, -0.2) is 4.79 Å². The number of carbonyl (C=O) groups is 2. The van der Waals surface area contributed by atoms with E-state index in [0.29, 0.717) is 11.4 Å². The van der Waals surface area contributed by atoms with Gasteiger partial charge in [0.05, 0.1) is 0 Å². The van der Waals surface area contributed by atoms with Crippen LogP contribution in [0.3, 0.4) is 0 Å². The number of aryl methyl sites for hydroxylation is 3. The fraction of sp³-hybridized carbons (Fsp3) is 0.300. The molecule has 0 saturated heterocycles. The molecule has 2 aromatic rings. The van der Waals surface area contributed by atoms with Gasteiger partial charge < -0.3 is 14.8 Å². The first-order valence-electron chi connectivity index (χ1n) is 8.13. The minimum atomic E-state index is -0.907. The average molecular weight is 341 g/mol. The van der Waals surface area contributed by atoms with E-state index < -0.39 is 12.1 Å². The zero-order valence-corrected chi connectivity index (χ0v) is 15.0. The maximum atomic E-state index is 12.1. The number of carbonyl (C=O) groups excluding carboxylic acids is 2. The Bertz CT molecular complexity index is 733. The Hall–Kier alpha value is -2.82. The smallest absolute Gasteiger partial charge is 0.344 e. The maximum absolute atomic E-state index is 12.1. The van der Waals surface area contributed by atoms with Crippen molar-refractivity contribution in [2.75, 3.05) is 11.9 Å². The highest BCUT2D eigenvalue weighted by Gasteiger charge is 2.18. The van der Waals surface area contributed by atoms with Crippen molar-refractivity contribution in [1.29, 1.82) is 0 Å². The zero-order chi connectivity index (χ0) is 18.4. The molecule has 0 saturated carbocycles. The molecule has 132 valence electrons. The topological polar surface area (TPSA) is 64.6 Å². The lowest BCUT2D eigenvalue weighted by atomic mass is 10.1. The molecule has 0 bridgehead atoms. The summed E-state index contributed by atoms with van der Waals surface area (Å²) in [4.78, 5) is 24.0. The number of amides is 1. The number of para-hydroxylation sites is 1. The Labute approximate surface area is 148 Å². The molecule has 0 unspecified atom stereocenters. The SMILES string of the molecule is Cc1ccc(NC(=O)[C@H](C)OC(=O)COc2c(C)cccc2C)cc1. The Morgan fingerprint density at radius 3 is 2.20 bits per heavy atom. The number of ether oxygens (including phenoxy) is 2. The molecule has 1 atom stereocenters. The molecule has 0 radical (unpaired) electrons. The minimum absolute atomic E-state index is 0.242. The number of anilines is 1. The standard InChI is InChI=1S/C20H23NO4/c1-13-8-10-17(11-9-13)21-20(23)16(4)25-18(22)12-24-19-14(2)6-5-7-15(19)3/h5-11,16H,12H2,1-4H3,(H,21,23)/t16-/m0/s1. The second kappa shape index (κ2) is 8.33. The summed E-state index contributed by atoms with van der Waals surface area (Å²) in [5, 5.41) is 2.71. The van der Waals surface area contributed by atoms with Crippen molar-refractivity contribution in [2.45, 2.75) is 33.8 Å². The third-order valence-corrected chi connectivity index (χ3v) is 3.74. The molecule has 0 fully saturated rings. The van der Waals surface area contributed by atoms with Crippen LogP contribution in [0.2, 0.25) is 0 Å². The van der Waals surface area contributed by atoms with Crippen molar-refractivity contribution in [3.63, 3.8) is 0 Å². The van der Waals surface area contributed by atoms with E-state index in [0.717, 1.165) is 16.7 Å². The Kier molecular flexibility index (Phi) is 6.17. The number of rotatable bonds is 6. The van der Waals surface area contributed by atoms with Gasteiger partial charge in [0.1, 0.15) is 5.75 Å². The highest BCUT2D eigenvalue weighted by atomic mass is 16.6. The largest absolute Gasteiger partial charge is 0.481 e. The highest BCUT2D eigenvalue weighted by Crippen LogP contribution is 2.22. The molecular formula is C20H23NO4. The molecule has 0 aliphatic rings. The lowest BCUT2D eigenvalue weighted by Crippen LogP contribution is -2.31. The Morgan fingerprint density at radius 2 is 1.60 bits per heavy atom. The fourth-order valence-electron chi connectivity index (χ4n) is 2.32. The molecule has 5 heteroatoms. The monoisotopic (exact) mass is 341 g/mol. The van der Waals surface area contributed by atoms with E-state index in [4.69, 9.17) is 9.47 Å². The molecule has 0 heterocycles. The lowest BCUT2D eigenvalue weighted by Gasteiger charge is -2.15. The van der Waals surface area contributed by atoms with Gasteiger partial charge in [-0.15, -0.1) is 0 Å². The van der Waals surface area contributed by atoms with E-state index in [-0.39, 0.29) is 12.5 Å². The minimum Gasteiger partial charge on any atom is -0.481 e. The van der Waals surface area contributed by atoms with Crippen LogP contribution in [0.4, 0.5) is 5.69 Å². The number of esters is 1. The Balaban J connectivity index is 1.85. The van der Waals surface area contributed by atoms with Gasteiger partial charge in [0.25, 0.3) is 5.91 Å². The van der Waals surface area contributed by atoms with Gasteiger partial charge in [-0.2, -0.15) is 0 Å². The summed E-state index contributed by atoms with van der Waals surface area (Å²) in [7, 11) is 0. The van der Waals surface area contributed by atoms with E-state index >= 15 is 0 Å². The van der Waals surface area contributed by atoms with E-state index in [1.54, 1.807) is 12.1 Å². The summed E-state index contributed by atoms with van der Waals surface area (Å²) in [5.41, 5.74) is 3.64. The first-order valence-corrected chi connectivity index (χ1v) is 8.13. The predicted octanol–water partition coefficient (Wildman–Crippen LogP) is 3.56. The Morgan fingerprint density at radius 1 is 1.00 bits per heavy atom. The van der Waals surface area contributed by atoms with Crippen LogP contribution in [0.5, 0.6) is 5.75 Å². The van der Waals surface area contributed by atoms with Crippen LogP contribution >= 0.6 is 0 Å². The second-order valence-corrected chi connectivity index (χ2v) is 6.00. The van der Waals surface area contributed by atoms with Crippen LogP contribution in [0.15, 0.2) is 42.5 Å². The van der Waals surface area contributed by atoms with Gasteiger partial charge in [0.2, 0.25) is 0 Å². The molecule has 0 aliphatic carbocycles. The van der Waals surface area contributed by atoms with E-state index in [9.17, 15) is 9.59 Å². The summed E-state index contributed by atoms with van der Waals surface area (Å²) in [5.74, 6) is -0.310. The van der Waals surface area contributed by atoms with Crippen molar-refractivity contribution in [3.05, 3.63) is 59.2 Å². The average Bonchev–Trinajstić information content (AvgIpc) is 2.56. The van der Waals surface area contributed by atoms with Crippen molar-refractivity contribution in [2.24, 2.45) is 0 Å². The normalized spacial score (nSPS) is 11.5. The molecule has 0 aromatic heterocycles. The van der Waals surface area contributed by atoms with Crippen LogP contribution in [0.1, 0.15) is 23.6 Å². The highest BCUT2D eigenvalue weighted by molar-refractivity contribution is 5.95. The summed E-state index contributed by atoms with van der Waals surface area (Å²) in [6.07, 6.45) is -0.907. The van der Waals surface area contributed by atoms with Gasteiger partial charge in [0.15, 0.2) is 12.7 Å². The van der Waals surface area contributed by atoms with Crippen LogP contribution < -0.4 is 10.1 Å². The summed E-state index contributed by atoms with van der Waals surface area (Å²) < 4.78 is 10.7. The number of hydrogen-bond acceptors (Lipinski definition) is 4. The van der Waals surface area contributed by atoms with Crippen molar-refractivity contribution < 1.29 is 19.1 Å². The number of nitrogens with one attached hydrogen (secondary N) is 1. The first-order chi connectivity index (χ1) is 11.9. The quantitative estimate of drug-likeness (QED) is 0.816. The van der Waals surface area contributed by atoms with Gasteiger partial charge in [-0.05, 0) is 51.0 Å². The summed E-state index contributed by atoms with van der Waals surface area (Å²) >= 11 is 0. The van der Waals surface area contributed by atoms with E-state index in [2.05, 4.69) is 5.32 Å². The van der Waals surface area contributed by atoms with Crippen LogP contribution in [-0.2, 0) is 14.3 Å². The van der Waals surface area contributed by atoms with E-state index in [1.807, 2.05) is 51.1 Å². The summed E-state index contributed by atoms with van der Waals surface area (Å²) in [6.45, 7) is 7.07. The lowest BCUT2D eigenvalue weighted by molar-refractivity contribution is -0.155. The third kappa shape index (κ3) is 5.35. The van der Waals surface area contributed by atoms with Crippen molar-refractivity contribution >= 4 is 17.6 Å². The second-order valence-electron chi connectivity index (χ2n) is 6.00. The molecule has 25 heavy (non-hydrogen) atoms. The van der Waals surface area contributed by atoms with Crippen LogP contribution in [0.25, 0.3) is 0 Å². The first kappa shape index (κ1) is 18.5. The number of hydrogen-bond donors (Lipinski definition) is 1. The number of benzene rings is 2. The molecule has 2 aromatic carbocycles. The third-order valence-electron chi connectivity index (χ3n) is 3.74. The fourth-order valence-corrected chi connectivity index (χ4v) is 2.32. The molecular weight excluding hydrogens is 318 g/mol. The molecule has 2 rings (SSSR count). The molecule has 1 N–H and O–H groups in total. The van der Waals surface area contributed by atoms with Crippen molar-refractivity contribution in [1.82, 2.24) is 0 Å². The molecule has 5 nitrogen and oxygen atoms in total. The zero-order valence-electron chi connectivity index (χ0n) is 15.0. The van der Waals surface area contributed by atoms with Crippen LogP contribution in [0, 0.1) is 20.8 Å².